The molecule has 3 nitrogen and oxygen atoms in total. The fraction of sp³-hybridized carbons (Fsp3) is 0.500. The van der Waals surface area contributed by atoms with Crippen molar-refractivity contribution in [2.75, 3.05) is 25.9 Å². The van der Waals surface area contributed by atoms with Crippen molar-refractivity contribution in [2.24, 2.45) is 0 Å². The first-order valence-electron chi connectivity index (χ1n) is 4.77. The van der Waals surface area contributed by atoms with Gasteiger partial charge in [-0.1, -0.05) is 11.6 Å². The largest absolute Gasteiger partial charge is 0.396 e. The summed E-state index contributed by atoms with van der Waals surface area (Å²) in [6, 6.07) is 3.81. The van der Waals surface area contributed by atoms with Gasteiger partial charge in [0.25, 0.3) is 0 Å². The molecule has 0 amide bonds. The van der Waals surface area contributed by atoms with E-state index in [9.17, 15) is 0 Å². The molecule has 4 heteroatoms. The Morgan fingerprint density at radius 1 is 1.57 bits per heavy atom. The lowest BCUT2D eigenvalue weighted by atomic mass is 10.0. The zero-order valence-corrected chi connectivity index (χ0v) is 8.96. The van der Waals surface area contributed by atoms with Gasteiger partial charge in [-0.3, -0.25) is 0 Å². The molecule has 1 atom stereocenters. The van der Waals surface area contributed by atoms with Gasteiger partial charge >= 0.3 is 0 Å². The predicted octanol–water partition coefficient (Wildman–Crippen LogP) is 1.74. The van der Waals surface area contributed by atoms with Gasteiger partial charge in [-0.15, -0.1) is 0 Å². The predicted molar refractivity (Wildman–Crippen MR) is 58.5 cm³/mol. The van der Waals surface area contributed by atoms with E-state index in [0.29, 0.717) is 16.8 Å². The minimum absolute atomic E-state index is 0.428. The van der Waals surface area contributed by atoms with Crippen molar-refractivity contribution in [3.8, 4) is 0 Å². The number of nitrogens with two attached hydrogens (primary N) is 1. The Hall–Kier alpha value is -0.800. The van der Waals surface area contributed by atoms with Crippen molar-refractivity contribution in [3.05, 3.63) is 23.0 Å². The third kappa shape index (κ3) is 1.83. The van der Waals surface area contributed by atoms with Gasteiger partial charge in [-0.25, -0.2) is 4.98 Å². The first-order chi connectivity index (χ1) is 6.66. The van der Waals surface area contributed by atoms with Crippen molar-refractivity contribution in [1.82, 2.24) is 9.88 Å². The number of halogens is 1. The van der Waals surface area contributed by atoms with Crippen molar-refractivity contribution in [1.29, 1.82) is 0 Å². The van der Waals surface area contributed by atoms with E-state index in [-0.39, 0.29) is 0 Å². The first-order valence-corrected chi connectivity index (χ1v) is 5.15. The number of nitrogen functional groups attached to an aromatic ring is 1. The summed E-state index contributed by atoms with van der Waals surface area (Å²) in [4.78, 5) is 6.61. The third-order valence-corrected chi connectivity index (χ3v) is 3.01. The number of hydrogen-bond donors (Lipinski definition) is 1. The maximum absolute atomic E-state index is 5.88. The topological polar surface area (TPSA) is 42.1 Å². The molecule has 1 aromatic heterocycles. The fourth-order valence-corrected chi connectivity index (χ4v) is 2.02. The highest BCUT2D eigenvalue weighted by Gasteiger charge is 2.22. The maximum Gasteiger partial charge on any atom is 0.152 e. The number of likely N-dealkylation sites (N-methyl/N-ethyl adjacent to an activating group) is 1. The van der Waals surface area contributed by atoms with E-state index < -0.39 is 0 Å². The summed E-state index contributed by atoms with van der Waals surface area (Å²) >= 11 is 5.88. The van der Waals surface area contributed by atoms with Crippen LogP contribution in [0.1, 0.15) is 18.0 Å². The molecule has 1 aliphatic heterocycles. The number of nitrogens with zero attached hydrogens (tertiary/aromatic N) is 2. The summed E-state index contributed by atoms with van der Waals surface area (Å²) in [6.45, 7) is 2.20. The molecule has 2 rings (SSSR count). The Morgan fingerprint density at radius 2 is 2.36 bits per heavy atom. The minimum atomic E-state index is 0.428. The standard InChI is InChI=1S/C10H14ClN3/c1-14-5-4-7(6-14)9-3-2-8(12)10(11)13-9/h2-3,7H,4-6,12H2,1H3. The third-order valence-electron chi connectivity index (χ3n) is 2.71. The number of aromatic nitrogens is 1. The highest BCUT2D eigenvalue weighted by molar-refractivity contribution is 6.31. The lowest BCUT2D eigenvalue weighted by Crippen LogP contribution is -2.13. The maximum atomic E-state index is 5.88. The van der Waals surface area contributed by atoms with Gasteiger partial charge in [0.1, 0.15) is 0 Å². The summed E-state index contributed by atoms with van der Waals surface area (Å²) in [5.74, 6) is 0.512. The Kier molecular flexibility index (Phi) is 2.61. The van der Waals surface area contributed by atoms with Gasteiger partial charge in [0.05, 0.1) is 5.69 Å². The second-order valence-electron chi connectivity index (χ2n) is 3.86. The molecule has 0 radical (unpaired) electrons. The summed E-state index contributed by atoms with van der Waals surface area (Å²) in [7, 11) is 2.12. The fourth-order valence-electron chi connectivity index (χ4n) is 1.86. The zero-order valence-electron chi connectivity index (χ0n) is 8.20. The summed E-state index contributed by atoms with van der Waals surface area (Å²) in [6.07, 6.45) is 1.16. The van der Waals surface area contributed by atoms with Crippen LogP contribution in [0.4, 0.5) is 5.69 Å². The SMILES string of the molecule is CN1CCC(c2ccc(N)c(Cl)n2)C1. The van der Waals surface area contributed by atoms with Crippen molar-refractivity contribution >= 4 is 17.3 Å². The molecule has 2 N–H and O–H groups in total. The lowest BCUT2D eigenvalue weighted by Gasteiger charge is -2.10. The minimum Gasteiger partial charge on any atom is -0.396 e. The van der Waals surface area contributed by atoms with E-state index >= 15 is 0 Å². The molecule has 0 aliphatic carbocycles. The van der Waals surface area contributed by atoms with Crippen LogP contribution in [0.2, 0.25) is 5.15 Å². The zero-order chi connectivity index (χ0) is 10.1. The van der Waals surface area contributed by atoms with Crippen LogP contribution >= 0.6 is 11.6 Å². The van der Waals surface area contributed by atoms with Crippen LogP contribution in [-0.2, 0) is 0 Å². The van der Waals surface area contributed by atoms with Crippen molar-refractivity contribution in [3.63, 3.8) is 0 Å². The summed E-state index contributed by atoms with van der Waals surface area (Å²) in [5, 5.41) is 0.428. The van der Waals surface area contributed by atoms with Crippen LogP contribution in [-0.4, -0.2) is 30.0 Å². The van der Waals surface area contributed by atoms with Gasteiger partial charge in [-0.05, 0) is 32.1 Å². The molecule has 1 unspecified atom stereocenters. The van der Waals surface area contributed by atoms with Crippen molar-refractivity contribution < 1.29 is 0 Å². The molecule has 0 spiro atoms. The molecule has 1 aromatic rings. The van der Waals surface area contributed by atoms with Crippen LogP contribution in [0.15, 0.2) is 12.1 Å². The van der Waals surface area contributed by atoms with Gasteiger partial charge in [-0.2, -0.15) is 0 Å². The smallest absolute Gasteiger partial charge is 0.152 e. The average Bonchev–Trinajstić information content (AvgIpc) is 2.57. The van der Waals surface area contributed by atoms with Gasteiger partial charge < -0.3 is 10.6 Å². The van der Waals surface area contributed by atoms with E-state index in [1.165, 1.54) is 0 Å². The van der Waals surface area contributed by atoms with Gasteiger partial charge in [0.15, 0.2) is 5.15 Å². The number of anilines is 1. The highest BCUT2D eigenvalue weighted by atomic mass is 35.5. The van der Waals surface area contributed by atoms with Gasteiger partial charge in [0.2, 0.25) is 0 Å². The number of pyridine rings is 1. The molecule has 1 aliphatic rings. The molecule has 0 aromatic carbocycles. The van der Waals surface area contributed by atoms with Crippen LogP contribution in [0.3, 0.4) is 0 Å². The second-order valence-corrected chi connectivity index (χ2v) is 4.22. The highest BCUT2D eigenvalue weighted by Crippen LogP contribution is 2.27. The molecule has 14 heavy (non-hydrogen) atoms. The Morgan fingerprint density at radius 3 is 2.93 bits per heavy atom. The number of likely N-dealkylation sites (tertiary alicyclic amines) is 1. The molecule has 0 bridgehead atoms. The molecule has 1 fully saturated rings. The van der Waals surface area contributed by atoms with Gasteiger partial charge in [0, 0.05) is 18.2 Å². The lowest BCUT2D eigenvalue weighted by molar-refractivity contribution is 0.411. The Balaban J connectivity index is 2.20. The number of hydrogen-bond acceptors (Lipinski definition) is 3. The summed E-state index contributed by atoms with van der Waals surface area (Å²) in [5.41, 5.74) is 7.23. The Bertz CT molecular complexity index is 340. The first kappa shape index (κ1) is 9.74. The Labute approximate surface area is 88.9 Å². The summed E-state index contributed by atoms with van der Waals surface area (Å²) < 4.78 is 0. The van der Waals surface area contributed by atoms with E-state index in [1.54, 1.807) is 0 Å². The van der Waals surface area contributed by atoms with E-state index in [1.807, 2.05) is 12.1 Å². The number of rotatable bonds is 1. The van der Waals surface area contributed by atoms with Crippen LogP contribution < -0.4 is 5.73 Å². The monoisotopic (exact) mass is 211 g/mol. The van der Waals surface area contributed by atoms with Crippen LogP contribution in [0.5, 0.6) is 0 Å². The van der Waals surface area contributed by atoms with Crippen LogP contribution in [0.25, 0.3) is 0 Å². The van der Waals surface area contributed by atoms with E-state index in [0.717, 1.165) is 25.2 Å². The molecule has 1 saturated heterocycles. The molecule has 76 valence electrons. The molecular formula is C10H14ClN3. The quantitative estimate of drug-likeness (QED) is 0.720. The second kappa shape index (κ2) is 3.75. The van der Waals surface area contributed by atoms with E-state index in [2.05, 4.69) is 16.9 Å². The normalized spacial score (nSPS) is 22.9. The molecule has 2 heterocycles. The average molecular weight is 212 g/mol. The molecular weight excluding hydrogens is 198 g/mol. The van der Waals surface area contributed by atoms with E-state index in [4.69, 9.17) is 17.3 Å². The van der Waals surface area contributed by atoms with Crippen molar-refractivity contribution in [2.45, 2.75) is 12.3 Å². The van der Waals surface area contributed by atoms with Crippen LogP contribution in [0, 0.1) is 0 Å². The molecule has 0 saturated carbocycles.